The highest BCUT2D eigenvalue weighted by atomic mass is 16.5. The Morgan fingerprint density at radius 2 is 1.89 bits per heavy atom. The first-order chi connectivity index (χ1) is 9.15. The van der Waals surface area contributed by atoms with Crippen LogP contribution in [-0.2, 0) is 13.6 Å². The molecule has 1 heterocycles. The summed E-state index contributed by atoms with van der Waals surface area (Å²) in [6, 6.07) is 5.69. The molecule has 1 aromatic heterocycles. The van der Waals surface area contributed by atoms with Crippen LogP contribution in [-0.4, -0.2) is 29.0 Å². The lowest BCUT2D eigenvalue weighted by Gasteiger charge is -2.11. The minimum atomic E-state index is 0.604. The van der Waals surface area contributed by atoms with Gasteiger partial charge in [-0.1, -0.05) is 0 Å². The van der Waals surface area contributed by atoms with E-state index in [1.807, 2.05) is 36.7 Å². The summed E-state index contributed by atoms with van der Waals surface area (Å²) in [4.78, 5) is 0. The normalized spacial score (nSPS) is 10.3. The second-order valence-electron chi connectivity index (χ2n) is 4.15. The number of nitrogens with zero attached hydrogens (tertiary/aromatic N) is 3. The molecular weight excluding hydrogens is 244 g/mol. The molecule has 0 amide bonds. The van der Waals surface area contributed by atoms with E-state index < -0.39 is 0 Å². The Kier molecular flexibility index (Phi) is 3.89. The van der Waals surface area contributed by atoms with Crippen LogP contribution in [0, 0.1) is 6.92 Å². The van der Waals surface area contributed by atoms with Crippen molar-refractivity contribution in [2.75, 3.05) is 19.5 Å². The van der Waals surface area contributed by atoms with E-state index in [9.17, 15) is 0 Å². The van der Waals surface area contributed by atoms with E-state index in [0.29, 0.717) is 18.0 Å². The Morgan fingerprint density at radius 3 is 2.47 bits per heavy atom. The minimum absolute atomic E-state index is 0.604. The molecule has 0 saturated heterocycles. The van der Waals surface area contributed by atoms with E-state index in [0.717, 1.165) is 17.3 Å². The van der Waals surface area contributed by atoms with Gasteiger partial charge in [0.2, 0.25) is 0 Å². The Hall–Kier alpha value is -2.24. The molecule has 19 heavy (non-hydrogen) atoms. The van der Waals surface area contributed by atoms with Gasteiger partial charge in [-0.05, 0) is 19.1 Å². The van der Waals surface area contributed by atoms with E-state index in [1.165, 1.54) is 0 Å². The van der Waals surface area contributed by atoms with Gasteiger partial charge in [0.05, 0.1) is 20.8 Å². The van der Waals surface area contributed by atoms with Crippen LogP contribution in [0.4, 0.5) is 5.69 Å². The van der Waals surface area contributed by atoms with Crippen molar-refractivity contribution in [1.29, 1.82) is 0 Å². The lowest BCUT2D eigenvalue weighted by atomic mass is 10.2. The number of anilines is 1. The molecule has 0 bridgehead atoms. The van der Waals surface area contributed by atoms with Crippen molar-refractivity contribution >= 4 is 5.69 Å². The van der Waals surface area contributed by atoms with E-state index in [2.05, 4.69) is 15.5 Å². The highest BCUT2D eigenvalue weighted by molar-refractivity contribution is 5.54. The Morgan fingerprint density at radius 1 is 1.16 bits per heavy atom. The van der Waals surface area contributed by atoms with Crippen LogP contribution >= 0.6 is 0 Å². The fraction of sp³-hybridized carbons (Fsp3) is 0.385. The smallest absolute Gasteiger partial charge is 0.162 e. The maximum Gasteiger partial charge on any atom is 0.162 e. The SMILES string of the molecule is COc1ccc(NCc2nnc(C)n2C)cc1OC. The third-order valence-corrected chi connectivity index (χ3v) is 3.02. The van der Waals surface area contributed by atoms with Crippen molar-refractivity contribution in [2.45, 2.75) is 13.5 Å². The monoisotopic (exact) mass is 262 g/mol. The third kappa shape index (κ3) is 2.78. The van der Waals surface area contributed by atoms with E-state index in [4.69, 9.17) is 9.47 Å². The predicted molar refractivity (Wildman–Crippen MR) is 72.6 cm³/mol. The molecule has 2 rings (SSSR count). The standard InChI is InChI=1S/C13H18N4O2/c1-9-15-16-13(17(9)2)8-14-10-5-6-11(18-3)12(7-10)19-4/h5-7,14H,8H2,1-4H3. The number of hydrogen-bond donors (Lipinski definition) is 1. The number of ether oxygens (including phenoxy) is 2. The summed E-state index contributed by atoms with van der Waals surface area (Å²) >= 11 is 0. The van der Waals surface area contributed by atoms with Crippen LogP contribution in [0.1, 0.15) is 11.6 Å². The zero-order chi connectivity index (χ0) is 13.8. The Bertz CT molecular complexity index is 566. The molecule has 0 radical (unpaired) electrons. The lowest BCUT2D eigenvalue weighted by molar-refractivity contribution is 0.355. The van der Waals surface area contributed by atoms with Gasteiger partial charge < -0.3 is 19.4 Å². The number of rotatable bonds is 5. The van der Waals surface area contributed by atoms with Crippen molar-refractivity contribution in [3.8, 4) is 11.5 Å². The van der Waals surface area contributed by atoms with Gasteiger partial charge in [-0.15, -0.1) is 10.2 Å². The maximum atomic E-state index is 5.26. The largest absolute Gasteiger partial charge is 0.493 e. The first kappa shape index (κ1) is 13.2. The van der Waals surface area contributed by atoms with E-state index >= 15 is 0 Å². The minimum Gasteiger partial charge on any atom is -0.493 e. The van der Waals surface area contributed by atoms with Crippen molar-refractivity contribution in [3.63, 3.8) is 0 Å². The fourth-order valence-corrected chi connectivity index (χ4v) is 1.73. The van der Waals surface area contributed by atoms with Crippen molar-refractivity contribution in [1.82, 2.24) is 14.8 Å². The first-order valence-corrected chi connectivity index (χ1v) is 5.96. The highest BCUT2D eigenvalue weighted by Gasteiger charge is 2.07. The van der Waals surface area contributed by atoms with Gasteiger partial charge in [-0.2, -0.15) is 0 Å². The Labute approximate surface area is 112 Å². The fourth-order valence-electron chi connectivity index (χ4n) is 1.73. The molecular formula is C13H18N4O2. The molecule has 0 aliphatic carbocycles. The van der Waals surface area contributed by atoms with Crippen molar-refractivity contribution in [2.24, 2.45) is 7.05 Å². The summed E-state index contributed by atoms with van der Waals surface area (Å²) in [5.41, 5.74) is 0.943. The molecule has 1 N–H and O–H groups in total. The van der Waals surface area contributed by atoms with Crippen LogP contribution in [0.15, 0.2) is 18.2 Å². The summed E-state index contributed by atoms with van der Waals surface area (Å²) < 4.78 is 12.4. The molecule has 0 fully saturated rings. The lowest BCUT2D eigenvalue weighted by Crippen LogP contribution is -2.06. The van der Waals surface area contributed by atoms with E-state index in [-0.39, 0.29) is 0 Å². The molecule has 0 atom stereocenters. The quantitative estimate of drug-likeness (QED) is 0.889. The average molecular weight is 262 g/mol. The second kappa shape index (κ2) is 5.60. The highest BCUT2D eigenvalue weighted by Crippen LogP contribution is 2.29. The van der Waals surface area contributed by atoms with Crippen LogP contribution in [0.2, 0.25) is 0 Å². The van der Waals surface area contributed by atoms with Crippen molar-refractivity contribution in [3.05, 3.63) is 29.8 Å². The molecule has 102 valence electrons. The van der Waals surface area contributed by atoms with E-state index in [1.54, 1.807) is 14.2 Å². The summed E-state index contributed by atoms with van der Waals surface area (Å²) in [6.45, 7) is 2.53. The van der Waals surface area contributed by atoms with Gasteiger partial charge in [0.1, 0.15) is 5.82 Å². The molecule has 0 aliphatic heterocycles. The van der Waals surface area contributed by atoms with Crippen LogP contribution in [0.25, 0.3) is 0 Å². The molecule has 0 saturated carbocycles. The third-order valence-electron chi connectivity index (χ3n) is 3.02. The summed E-state index contributed by atoms with van der Waals surface area (Å²) in [7, 11) is 5.18. The number of methoxy groups -OCH3 is 2. The second-order valence-corrected chi connectivity index (χ2v) is 4.15. The molecule has 1 aromatic carbocycles. The zero-order valence-corrected chi connectivity index (χ0v) is 11.6. The van der Waals surface area contributed by atoms with Crippen molar-refractivity contribution < 1.29 is 9.47 Å². The van der Waals surface area contributed by atoms with Gasteiger partial charge >= 0.3 is 0 Å². The average Bonchev–Trinajstić information content (AvgIpc) is 2.76. The summed E-state index contributed by atoms with van der Waals surface area (Å²) in [5.74, 6) is 3.18. The zero-order valence-electron chi connectivity index (χ0n) is 11.6. The van der Waals surface area contributed by atoms with Gasteiger partial charge in [-0.25, -0.2) is 0 Å². The first-order valence-electron chi connectivity index (χ1n) is 5.96. The van der Waals surface area contributed by atoms with Gasteiger partial charge in [0.15, 0.2) is 17.3 Å². The van der Waals surface area contributed by atoms with Gasteiger partial charge in [-0.3, -0.25) is 0 Å². The number of nitrogens with one attached hydrogen (secondary N) is 1. The molecule has 6 nitrogen and oxygen atoms in total. The molecule has 0 spiro atoms. The summed E-state index contributed by atoms with van der Waals surface area (Å²) in [6.07, 6.45) is 0. The number of benzene rings is 1. The number of hydrogen-bond acceptors (Lipinski definition) is 5. The Balaban J connectivity index is 2.09. The maximum absolute atomic E-state index is 5.26. The molecule has 2 aromatic rings. The van der Waals surface area contributed by atoms with Gasteiger partial charge in [0.25, 0.3) is 0 Å². The number of aryl methyl sites for hydroxylation is 1. The molecule has 6 heteroatoms. The van der Waals surface area contributed by atoms with Crippen LogP contribution in [0.3, 0.4) is 0 Å². The molecule has 0 aliphatic rings. The topological polar surface area (TPSA) is 61.2 Å². The predicted octanol–water partition coefficient (Wildman–Crippen LogP) is 1.75. The van der Waals surface area contributed by atoms with Crippen LogP contribution in [0.5, 0.6) is 11.5 Å². The number of aromatic nitrogens is 3. The van der Waals surface area contributed by atoms with Crippen LogP contribution < -0.4 is 14.8 Å². The molecule has 0 unspecified atom stereocenters. The van der Waals surface area contributed by atoms with Gasteiger partial charge in [0, 0.05) is 18.8 Å². The summed E-state index contributed by atoms with van der Waals surface area (Å²) in [5, 5.41) is 11.4.